The molecule has 7 heteroatoms. The van der Waals surface area contributed by atoms with Gasteiger partial charge in [0.15, 0.2) is 0 Å². The van der Waals surface area contributed by atoms with E-state index in [0.29, 0.717) is 37.6 Å². The third kappa shape index (κ3) is 11.8. The maximum atomic E-state index is 11.7. The largest absolute Gasteiger partial charge is 0.356 e. The zero-order chi connectivity index (χ0) is 18.3. The van der Waals surface area contributed by atoms with Gasteiger partial charge >= 0.3 is 0 Å². The first-order chi connectivity index (χ1) is 12.1. The quantitative estimate of drug-likeness (QED) is 0.323. The molecule has 25 heavy (non-hydrogen) atoms. The first-order valence-electron chi connectivity index (χ1n) is 9.26. The van der Waals surface area contributed by atoms with Crippen LogP contribution in [0.3, 0.4) is 0 Å². The maximum Gasteiger partial charge on any atom is 0.220 e. The summed E-state index contributed by atoms with van der Waals surface area (Å²) in [5, 5.41) is 13.8. The molecule has 2 amide bonds. The van der Waals surface area contributed by atoms with Crippen molar-refractivity contribution in [2.75, 3.05) is 18.8 Å². The van der Waals surface area contributed by atoms with Gasteiger partial charge in [-0.15, -0.1) is 0 Å². The van der Waals surface area contributed by atoms with Gasteiger partial charge in [0.1, 0.15) is 6.29 Å². The van der Waals surface area contributed by atoms with Gasteiger partial charge in [-0.1, -0.05) is 12.8 Å². The number of aldehydes is 1. The second-order valence-electron chi connectivity index (χ2n) is 6.45. The zero-order valence-electron chi connectivity index (χ0n) is 15.0. The summed E-state index contributed by atoms with van der Waals surface area (Å²) in [5.41, 5.74) is 0.853. The molecule has 1 aliphatic rings. The average molecular weight is 370 g/mol. The molecule has 1 unspecified atom stereocenters. The molecule has 0 spiro atoms. The highest BCUT2D eigenvalue weighted by Crippen LogP contribution is 2.28. The Morgan fingerprint density at radius 2 is 1.72 bits per heavy atom. The summed E-state index contributed by atoms with van der Waals surface area (Å²) in [6, 6.07) is 0. The van der Waals surface area contributed by atoms with Gasteiger partial charge in [0.2, 0.25) is 11.8 Å². The van der Waals surface area contributed by atoms with E-state index < -0.39 is 0 Å². The lowest BCUT2D eigenvalue weighted by atomic mass is 10.1. The van der Waals surface area contributed by atoms with Crippen molar-refractivity contribution in [1.82, 2.24) is 10.6 Å². The van der Waals surface area contributed by atoms with Crippen molar-refractivity contribution in [2.24, 2.45) is 0 Å². The van der Waals surface area contributed by atoms with Crippen LogP contribution in [-0.4, -0.2) is 47.9 Å². The zero-order valence-corrected chi connectivity index (χ0v) is 15.8. The van der Waals surface area contributed by atoms with Gasteiger partial charge in [-0.05, 0) is 32.1 Å². The monoisotopic (exact) mass is 369 g/mol. The number of amides is 2. The first kappa shape index (κ1) is 21.7. The van der Waals surface area contributed by atoms with Crippen molar-refractivity contribution in [3.05, 3.63) is 0 Å². The van der Waals surface area contributed by atoms with Crippen LogP contribution in [0.1, 0.15) is 64.2 Å². The van der Waals surface area contributed by atoms with Crippen molar-refractivity contribution < 1.29 is 14.4 Å². The van der Waals surface area contributed by atoms with E-state index in [-0.39, 0.29) is 11.8 Å². The summed E-state index contributed by atoms with van der Waals surface area (Å²) in [6.45, 7) is 1.08. The summed E-state index contributed by atoms with van der Waals surface area (Å²) in [4.78, 5) is 33.3. The molecule has 0 bridgehead atoms. The van der Waals surface area contributed by atoms with E-state index in [1.807, 2.05) is 11.8 Å². The molecular weight excluding hydrogens is 338 g/mol. The molecule has 0 aromatic heterocycles. The minimum absolute atomic E-state index is 0.0125. The van der Waals surface area contributed by atoms with Crippen LogP contribution >= 0.6 is 11.8 Å². The molecule has 3 N–H and O–H groups in total. The highest BCUT2D eigenvalue weighted by Gasteiger charge is 2.19. The fourth-order valence-electron chi connectivity index (χ4n) is 2.72. The lowest BCUT2D eigenvalue weighted by molar-refractivity contribution is -0.122. The molecule has 1 fully saturated rings. The van der Waals surface area contributed by atoms with Crippen molar-refractivity contribution in [2.45, 2.75) is 69.5 Å². The molecule has 1 atom stereocenters. The summed E-state index contributed by atoms with van der Waals surface area (Å²) >= 11 is 1.87. The normalized spacial score (nSPS) is 16.6. The number of nitrogens with one attached hydrogen (secondary N) is 3. The minimum Gasteiger partial charge on any atom is -0.356 e. The lowest BCUT2D eigenvalue weighted by Gasteiger charge is -2.08. The standard InChI is InChI=1S/C18H31N3O3S/c19-15-13-16(25-14-15)7-3-4-9-18(24)20-10-5-1-2-8-17(23)21-11-6-12-22/h12,16,19H,1-11,13-14H2,(H,20,24)(H,21,23). The predicted octanol–water partition coefficient (Wildman–Crippen LogP) is 2.45. The van der Waals surface area contributed by atoms with E-state index in [0.717, 1.165) is 62.7 Å². The van der Waals surface area contributed by atoms with Gasteiger partial charge in [-0.25, -0.2) is 0 Å². The predicted molar refractivity (Wildman–Crippen MR) is 102 cm³/mol. The van der Waals surface area contributed by atoms with Crippen LogP contribution in [0.15, 0.2) is 0 Å². The molecule has 1 heterocycles. The molecule has 6 nitrogen and oxygen atoms in total. The van der Waals surface area contributed by atoms with E-state index in [4.69, 9.17) is 5.41 Å². The summed E-state index contributed by atoms with van der Waals surface area (Å²) < 4.78 is 0. The number of hydrogen-bond acceptors (Lipinski definition) is 5. The number of unbranched alkanes of at least 4 members (excludes halogenated alkanes) is 3. The van der Waals surface area contributed by atoms with Gasteiger partial charge < -0.3 is 20.8 Å². The smallest absolute Gasteiger partial charge is 0.220 e. The van der Waals surface area contributed by atoms with E-state index in [1.54, 1.807) is 0 Å². The van der Waals surface area contributed by atoms with Crippen LogP contribution in [0.5, 0.6) is 0 Å². The van der Waals surface area contributed by atoms with Crippen LogP contribution in [0.25, 0.3) is 0 Å². The molecular formula is C18H31N3O3S. The molecule has 142 valence electrons. The fourth-order valence-corrected chi connectivity index (χ4v) is 3.92. The topological polar surface area (TPSA) is 99.1 Å². The number of thioether (sulfide) groups is 1. The molecule has 1 aliphatic heterocycles. The number of carbonyl (C=O) groups is 3. The van der Waals surface area contributed by atoms with E-state index in [2.05, 4.69) is 10.6 Å². The van der Waals surface area contributed by atoms with E-state index in [1.165, 1.54) is 0 Å². The van der Waals surface area contributed by atoms with Crippen molar-refractivity contribution >= 4 is 35.6 Å². The van der Waals surface area contributed by atoms with Gasteiger partial charge in [0.05, 0.1) is 0 Å². The van der Waals surface area contributed by atoms with Gasteiger partial charge in [0.25, 0.3) is 0 Å². The molecule has 0 radical (unpaired) electrons. The molecule has 1 saturated heterocycles. The third-order valence-electron chi connectivity index (χ3n) is 4.13. The number of carbonyl (C=O) groups excluding carboxylic acids is 3. The Morgan fingerprint density at radius 3 is 2.36 bits per heavy atom. The van der Waals surface area contributed by atoms with Crippen LogP contribution in [0.2, 0.25) is 0 Å². The summed E-state index contributed by atoms with van der Waals surface area (Å²) in [6.07, 6.45) is 8.80. The Balaban J connectivity index is 1.86. The van der Waals surface area contributed by atoms with Crippen LogP contribution in [-0.2, 0) is 14.4 Å². The maximum absolute atomic E-state index is 11.7. The third-order valence-corrected chi connectivity index (χ3v) is 5.52. The highest BCUT2D eigenvalue weighted by molar-refractivity contribution is 8.01. The highest BCUT2D eigenvalue weighted by atomic mass is 32.2. The molecule has 0 aromatic rings. The van der Waals surface area contributed by atoms with Gasteiger partial charge in [-0.3, -0.25) is 9.59 Å². The van der Waals surface area contributed by atoms with Crippen molar-refractivity contribution in [3.63, 3.8) is 0 Å². The van der Waals surface area contributed by atoms with Crippen LogP contribution < -0.4 is 10.6 Å². The molecule has 1 rings (SSSR count). The number of rotatable bonds is 14. The fraction of sp³-hybridized carbons (Fsp3) is 0.778. The summed E-state index contributed by atoms with van der Waals surface area (Å²) in [7, 11) is 0. The Hall–Kier alpha value is -1.37. The van der Waals surface area contributed by atoms with Crippen LogP contribution in [0.4, 0.5) is 0 Å². The SMILES string of the molecule is N=C1CSC(CCCCC(=O)NCCCCCC(=O)NCCC=O)C1. The van der Waals surface area contributed by atoms with Gasteiger partial charge in [-0.2, -0.15) is 11.8 Å². The van der Waals surface area contributed by atoms with Gasteiger partial charge in [0, 0.05) is 49.1 Å². The first-order valence-corrected chi connectivity index (χ1v) is 10.3. The molecule has 0 aliphatic carbocycles. The Kier molecular flexibility index (Phi) is 12.0. The number of hydrogen-bond donors (Lipinski definition) is 3. The minimum atomic E-state index is -0.0125. The van der Waals surface area contributed by atoms with E-state index in [9.17, 15) is 14.4 Å². The second kappa shape index (κ2) is 13.9. The Morgan fingerprint density at radius 1 is 1.04 bits per heavy atom. The second-order valence-corrected chi connectivity index (χ2v) is 7.74. The summed E-state index contributed by atoms with van der Waals surface area (Å²) in [5.74, 6) is 0.978. The average Bonchev–Trinajstić information content (AvgIpc) is 3.00. The van der Waals surface area contributed by atoms with Crippen LogP contribution in [0, 0.1) is 5.41 Å². The van der Waals surface area contributed by atoms with Crippen molar-refractivity contribution in [3.8, 4) is 0 Å². The lowest BCUT2D eigenvalue weighted by Crippen LogP contribution is -2.25. The Labute approximate surface area is 154 Å². The molecule has 0 aromatic carbocycles. The Bertz CT molecular complexity index is 443. The van der Waals surface area contributed by atoms with E-state index >= 15 is 0 Å². The molecule has 0 saturated carbocycles. The van der Waals surface area contributed by atoms with Crippen molar-refractivity contribution in [1.29, 1.82) is 5.41 Å².